The molecule has 0 heterocycles. The molecule has 2 aromatic rings. The molecule has 0 atom stereocenters. The SMILES string of the molecule is CCCCCCCCCC(=O)OCCOCCOCCOCCOCCOCCOCCOCCOCCOCCOCCOCCN(C)C(=O)OCC1c2ccccc2-c2ccccc21. The molecule has 16 nitrogen and oxygen atoms in total. The Labute approximate surface area is 394 Å². The van der Waals surface area contributed by atoms with Crippen molar-refractivity contribution in [2.45, 2.75) is 64.2 Å². The van der Waals surface area contributed by atoms with E-state index in [2.05, 4.69) is 31.2 Å². The van der Waals surface area contributed by atoms with Crippen LogP contribution in [-0.4, -0.2) is 189 Å². The predicted molar refractivity (Wildman–Crippen MR) is 250 cm³/mol. The van der Waals surface area contributed by atoms with Crippen LogP contribution in [0.1, 0.15) is 75.3 Å². The molecule has 0 aromatic heterocycles. The van der Waals surface area contributed by atoms with Crippen molar-refractivity contribution in [2.75, 3.05) is 172 Å². The number of nitrogens with zero attached hydrogens (tertiary/aromatic N) is 1. The van der Waals surface area contributed by atoms with E-state index in [4.69, 9.17) is 61.6 Å². The van der Waals surface area contributed by atoms with E-state index in [9.17, 15) is 9.59 Å². The molecule has 0 saturated carbocycles. The summed E-state index contributed by atoms with van der Waals surface area (Å²) in [5.74, 6) is -0.112. The fourth-order valence-corrected chi connectivity index (χ4v) is 6.81. The number of hydrogen-bond acceptors (Lipinski definition) is 15. The van der Waals surface area contributed by atoms with Gasteiger partial charge >= 0.3 is 12.1 Å². The fraction of sp³-hybridized carbons (Fsp3) is 0.720. The van der Waals surface area contributed by atoms with Crippen LogP contribution >= 0.6 is 0 Å². The number of fused-ring (bicyclic) bond motifs is 3. The molecular formula is C50H81NO15. The van der Waals surface area contributed by atoms with E-state index >= 15 is 0 Å². The number of benzene rings is 2. The smallest absolute Gasteiger partial charge is 0.409 e. The van der Waals surface area contributed by atoms with Crippen LogP contribution < -0.4 is 0 Å². The topological polar surface area (TPSA) is 157 Å². The van der Waals surface area contributed by atoms with Crippen LogP contribution in [0, 0.1) is 0 Å². The van der Waals surface area contributed by atoms with Crippen LogP contribution in [0.4, 0.5) is 4.79 Å². The lowest BCUT2D eigenvalue weighted by molar-refractivity contribution is -0.145. The summed E-state index contributed by atoms with van der Waals surface area (Å²) in [7, 11) is 1.71. The zero-order valence-electron chi connectivity index (χ0n) is 40.1. The molecule has 0 N–H and O–H groups in total. The summed E-state index contributed by atoms with van der Waals surface area (Å²) in [6.45, 7) is 13.4. The van der Waals surface area contributed by atoms with Gasteiger partial charge in [0.15, 0.2) is 0 Å². The van der Waals surface area contributed by atoms with Gasteiger partial charge in [-0.15, -0.1) is 0 Å². The molecule has 0 spiro atoms. The number of ether oxygens (including phenoxy) is 13. The van der Waals surface area contributed by atoms with E-state index in [1.54, 1.807) is 7.05 Å². The van der Waals surface area contributed by atoms with Gasteiger partial charge in [0, 0.05) is 25.9 Å². The minimum Gasteiger partial charge on any atom is -0.463 e. The molecular weight excluding hydrogens is 855 g/mol. The first-order chi connectivity index (χ1) is 32.6. The van der Waals surface area contributed by atoms with Crippen molar-refractivity contribution in [3.05, 3.63) is 59.7 Å². The molecule has 0 fully saturated rings. The Kier molecular flexibility index (Phi) is 35.3. The zero-order chi connectivity index (χ0) is 46.8. The first-order valence-corrected chi connectivity index (χ1v) is 24.2. The van der Waals surface area contributed by atoms with E-state index < -0.39 is 0 Å². The van der Waals surface area contributed by atoms with Crippen molar-refractivity contribution in [3.8, 4) is 11.1 Å². The molecule has 1 aliphatic rings. The fourth-order valence-electron chi connectivity index (χ4n) is 6.81. The van der Waals surface area contributed by atoms with Gasteiger partial charge in [0.25, 0.3) is 0 Å². The van der Waals surface area contributed by atoms with Gasteiger partial charge in [0.05, 0.1) is 145 Å². The average molecular weight is 936 g/mol. The second-order valence-electron chi connectivity index (χ2n) is 15.6. The second-order valence-corrected chi connectivity index (χ2v) is 15.6. The minimum atomic E-state index is -0.367. The summed E-state index contributed by atoms with van der Waals surface area (Å²) in [5.41, 5.74) is 4.79. The van der Waals surface area contributed by atoms with Crippen LogP contribution in [0.25, 0.3) is 11.1 Å². The van der Waals surface area contributed by atoms with Crippen LogP contribution in [0.2, 0.25) is 0 Å². The lowest BCUT2D eigenvalue weighted by Crippen LogP contribution is -2.32. The molecule has 2 aromatic carbocycles. The van der Waals surface area contributed by atoms with Crippen molar-refractivity contribution < 1.29 is 71.2 Å². The van der Waals surface area contributed by atoms with Gasteiger partial charge < -0.3 is 66.5 Å². The number of likely N-dealkylation sites (N-methyl/N-ethyl adjacent to an activating group) is 1. The van der Waals surface area contributed by atoms with Gasteiger partial charge in [-0.05, 0) is 28.7 Å². The molecule has 66 heavy (non-hydrogen) atoms. The van der Waals surface area contributed by atoms with Crippen molar-refractivity contribution in [3.63, 3.8) is 0 Å². The highest BCUT2D eigenvalue weighted by atomic mass is 16.6. The maximum Gasteiger partial charge on any atom is 0.409 e. The Balaban J connectivity index is 0.925. The summed E-state index contributed by atoms with van der Waals surface area (Å²) < 4.78 is 71.7. The highest BCUT2D eigenvalue weighted by molar-refractivity contribution is 5.79. The lowest BCUT2D eigenvalue weighted by Gasteiger charge is -2.19. The minimum absolute atomic E-state index is 0.0338. The summed E-state index contributed by atoms with van der Waals surface area (Å²) >= 11 is 0. The maximum absolute atomic E-state index is 12.6. The molecule has 0 bridgehead atoms. The molecule has 0 radical (unpaired) electrons. The standard InChI is InChI=1S/C50H81NO15/c1-3-4-5-6-7-8-9-18-49(52)65-42-41-64-40-39-63-38-37-62-36-35-61-34-33-60-32-31-59-30-29-58-28-27-57-26-25-56-24-23-55-22-21-54-20-19-51(2)50(53)66-43-48-46-16-12-10-14-44(46)45-15-11-13-17-47(45)48/h10-17,48H,3-9,18-43H2,1-2H3. The Hall–Kier alpha value is -3.26. The second kappa shape index (κ2) is 40.8. The first-order valence-electron chi connectivity index (χ1n) is 24.2. The summed E-state index contributed by atoms with van der Waals surface area (Å²) in [6.07, 6.45) is 8.39. The number of carbonyl (C=O) groups excluding carboxylic acids is 2. The maximum atomic E-state index is 12.6. The molecule has 0 unspecified atom stereocenters. The van der Waals surface area contributed by atoms with Gasteiger partial charge in [0.1, 0.15) is 13.2 Å². The Morgan fingerprint density at radius 2 is 0.758 bits per heavy atom. The average Bonchev–Trinajstić information content (AvgIpc) is 3.65. The number of hydrogen-bond donors (Lipinski definition) is 0. The lowest BCUT2D eigenvalue weighted by atomic mass is 9.98. The molecule has 1 amide bonds. The number of amides is 1. The van der Waals surface area contributed by atoms with Gasteiger partial charge in [-0.1, -0.05) is 94.0 Å². The van der Waals surface area contributed by atoms with Crippen LogP contribution in [0.15, 0.2) is 48.5 Å². The first kappa shape index (κ1) is 57.1. The Morgan fingerprint density at radius 1 is 0.424 bits per heavy atom. The quantitative estimate of drug-likeness (QED) is 0.0508. The highest BCUT2D eigenvalue weighted by Crippen LogP contribution is 2.44. The molecule has 1 aliphatic carbocycles. The van der Waals surface area contributed by atoms with E-state index in [-0.39, 0.29) is 24.6 Å². The van der Waals surface area contributed by atoms with E-state index in [0.717, 1.165) is 12.8 Å². The van der Waals surface area contributed by atoms with E-state index in [0.29, 0.717) is 165 Å². The van der Waals surface area contributed by atoms with Crippen LogP contribution in [-0.2, 0) is 66.4 Å². The van der Waals surface area contributed by atoms with Crippen molar-refractivity contribution in [1.29, 1.82) is 0 Å². The molecule has 3 rings (SSSR count). The predicted octanol–water partition coefficient (Wildman–Crippen LogP) is 6.73. The monoisotopic (exact) mass is 936 g/mol. The van der Waals surface area contributed by atoms with E-state index in [1.807, 2.05) is 24.3 Å². The zero-order valence-corrected chi connectivity index (χ0v) is 40.1. The number of carbonyl (C=O) groups is 2. The number of unbranched alkanes of at least 4 members (excludes halogenated alkanes) is 6. The number of rotatable bonds is 46. The van der Waals surface area contributed by atoms with Gasteiger partial charge in [-0.25, -0.2) is 4.79 Å². The van der Waals surface area contributed by atoms with Crippen LogP contribution in [0.3, 0.4) is 0 Å². The molecule has 16 heteroatoms. The molecule has 376 valence electrons. The van der Waals surface area contributed by atoms with E-state index in [1.165, 1.54) is 59.3 Å². The number of esters is 1. The highest BCUT2D eigenvalue weighted by Gasteiger charge is 2.29. The largest absolute Gasteiger partial charge is 0.463 e. The molecule has 0 aliphatic heterocycles. The van der Waals surface area contributed by atoms with Crippen molar-refractivity contribution in [2.24, 2.45) is 0 Å². The van der Waals surface area contributed by atoms with Gasteiger partial charge in [-0.3, -0.25) is 4.79 Å². The third-order valence-corrected chi connectivity index (χ3v) is 10.4. The Bertz CT molecular complexity index is 1420. The summed E-state index contributed by atoms with van der Waals surface area (Å²) in [6, 6.07) is 16.6. The van der Waals surface area contributed by atoms with Crippen LogP contribution in [0.5, 0.6) is 0 Å². The Morgan fingerprint density at radius 3 is 1.15 bits per heavy atom. The summed E-state index contributed by atoms with van der Waals surface area (Å²) in [4.78, 5) is 25.9. The van der Waals surface area contributed by atoms with Crippen molar-refractivity contribution >= 4 is 12.1 Å². The molecule has 0 saturated heterocycles. The van der Waals surface area contributed by atoms with Crippen molar-refractivity contribution in [1.82, 2.24) is 4.90 Å². The van der Waals surface area contributed by atoms with Gasteiger partial charge in [0.2, 0.25) is 0 Å². The normalized spacial score (nSPS) is 12.1. The third-order valence-electron chi connectivity index (χ3n) is 10.4. The third kappa shape index (κ3) is 28.2. The van der Waals surface area contributed by atoms with Gasteiger partial charge in [-0.2, -0.15) is 0 Å². The summed E-state index contributed by atoms with van der Waals surface area (Å²) in [5, 5.41) is 0.